The Morgan fingerprint density at radius 2 is 2.03 bits per heavy atom. The average molecular weight is 427 g/mol. The number of halogens is 2. The van der Waals surface area contributed by atoms with Crippen LogP contribution in [0.4, 0.5) is 8.78 Å². The fourth-order valence-corrected chi connectivity index (χ4v) is 3.59. The molecule has 6 heteroatoms. The van der Waals surface area contributed by atoms with E-state index in [2.05, 4.69) is 11.8 Å². The van der Waals surface area contributed by atoms with Gasteiger partial charge in [0.05, 0.1) is 12.2 Å². The smallest absolute Gasteiger partial charge is 0.223 e. The summed E-state index contributed by atoms with van der Waals surface area (Å²) in [6.45, 7) is 3.87. The molecule has 1 aliphatic rings. The summed E-state index contributed by atoms with van der Waals surface area (Å²) in [4.78, 5) is 11.7. The fourth-order valence-electron chi connectivity index (χ4n) is 3.59. The third-order valence-electron chi connectivity index (χ3n) is 5.62. The number of hydrogen-bond acceptors (Lipinski definition) is 3. The number of amides is 1. The van der Waals surface area contributed by atoms with Gasteiger partial charge in [-0.1, -0.05) is 37.8 Å². The van der Waals surface area contributed by atoms with E-state index >= 15 is 0 Å². The molecule has 4 nitrogen and oxygen atoms in total. The van der Waals surface area contributed by atoms with Crippen molar-refractivity contribution in [2.45, 2.75) is 45.3 Å². The van der Waals surface area contributed by atoms with Crippen LogP contribution < -0.4 is 5.73 Å². The summed E-state index contributed by atoms with van der Waals surface area (Å²) in [5.74, 6) is 3.83. The quantitative estimate of drug-likeness (QED) is 0.725. The standard InChI is InChI=1S/C25H27F2NO3/c1-25(2,24(28)29)15-21-17(12-19(26)13-22(21)27)8-7-16-5-4-6-18(11-16)23-14-20(30-3)9-10-31-23/h4-6,11-13,20,23H,9-10,14-15H2,1-3H3,(H2,28,29). The number of primary amides is 1. The topological polar surface area (TPSA) is 61.6 Å². The van der Waals surface area contributed by atoms with Crippen molar-refractivity contribution in [3.05, 3.63) is 70.3 Å². The molecule has 1 saturated heterocycles. The van der Waals surface area contributed by atoms with Crippen molar-refractivity contribution in [3.63, 3.8) is 0 Å². The zero-order valence-corrected chi connectivity index (χ0v) is 18.0. The van der Waals surface area contributed by atoms with Crippen molar-refractivity contribution in [2.75, 3.05) is 13.7 Å². The highest BCUT2D eigenvalue weighted by Crippen LogP contribution is 2.30. The number of carbonyl (C=O) groups excluding carboxylic acids is 1. The van der Waals surface area contributed by atoms with E-state index in [1.54, 1.807) is 21.0 Å². The number of nitrogens with two attached hydrogens (primary N) is 1. The van der Waals surface area contributed by atoms with Gasteiger partial charge in [-0.3, -0.25) is 4.79 Å². The highest BCUT2D eigenvalue weighted by molar-refractivity contribution is 5.80. The normalized spacial score (nSPS) is 18.9. The maximum absolute atomic E-state index is 14.5. The first-order chi connectivity index (χ1) is 14.7. The van der Waals surface area contributed by atoms with E-state index in [1.807, 2.05) is 24.3 Å². The molecule has 2 aromatic carbocycles. The summed E-state index contributed by atoms with van der Waals surface area (Å²) in [7, 11) is 1.70. The Morgan fingerprint density at radius 3 is 2.74 bits per heavy atom. The predicted molar refractivity (Wildman–Crippen MR) is 114 cm³/mol. The van der Waals surface area contributed by atoms with Crippen LogP contribution in [0.5, 0.6) is 0 Å². The van der Waals surface area contributed by atoms with E-state index in [-0.39, 0.29) is 29.8 Å². The number of carbonyl (C=O) groups is 1. The van der Waals surface area contributed by atoms with E-state index < -0.39 is 23.0 Å². The molecule has 2 atom stereocenters. The first kappa shape index (κ1) is 22.9. The third-order valence-corrected chi connectivity index (χ3v) is 5.62. The van der Waals surface area contributed by atoms with Crippen LogP contribution in [-0.2, 0) is 20.7 Å². The van der Waals surface area contributed by atoms with E-state index in [1.165, 1.54) is 6.07 Å². The van der Waals surface area contributed by atoms with Gasteiger partial charge in [0.2, 0.25) is 5.91 Å². The second kappa shape index (κ2) is 9.59. The van der Waals surface area contributed by atoms with Gasteiger partial charge in [-0.15, -0.1) is 0 Å². The van der Waals surface area contributed by atoms with E-state index in [9.17, 15) is 13.6 Å². The van der Waals surface area contributed by atoms with Gasteiger partial charge in [0.1, 0.15) is 11.6 Å². The van der Waals surface area contributed by atoms with Crippen LogP contribution in [0, 0.1) is 28.9 Å². The first-order valence-corrected chi connectivity index (χ1v) is 10.2. The summed E-state index contributed by atoms with van der Waals surface area (Å²) in [6, 6.07) is 9.57. The molecule has 164 valence electrons. The van der Waals surface area contributed by atoms with Gasteiger partial charge in [-0.25, -0.2) is 8.78 Å². The summed E-state index contributed by atoms with van der Waals surface area (Å²) < 4.78 is 39.7. The molecule has 3 rings (SSSR count). The number of ether oxygens (including phenoxy) is 2. The molecule has 0 bridgehead atoms. The van der Waals surface area contributed by atoms with Crippen molar-refractivity contribution in [1.82, 2.24) is 0 Å². The molecular weight excluding hydrogens is 400 g/mol. The molecule has 0 aliphatic carbocycles. The number of hydrogen-bond donors (Lipinski definition) is 1. The molecule has 0 saturated carbocycles. The Kier molecular flexibility index (Phi) is 7.09. The molecule has 31 heavy (non-hydrogen) atoms. The van der Waals surface area contributed by atoms with Crippen LogP contribution in [0.2, 0.25) is 0 Å². The summed E-state index contributed by atoms with van der Waals surface area (Å²) >= 11 is 0. The van der Waals surface area contributed by atoms with Gasteiger partial charge in [0, 0.05) is 48.3 Å². The summed E-state index contributed by atoms with van der Waals surface area (Å²) in [6.07, 6.45) is 1.71. The minimum absolute atomic E-state index is 0.0207. The zero-order chi connectivity index (χ0) is 22.6. The second-order valence-corrected chi connectivity index (χ2v) is 8.46. The largest absolute Gasteiger partial charge is 0.381 e. The molecule has 1 amide bonds. The van der Waals surface area contributed by atoms with Gasteiger partial charge >= 0.3 is 0 Å². The van der Waals surface area contributed by atoms with Crippen molar-refractivity contribution >= 4 is 5.91 Å². The van der Waals surface area contributed by atoms with Gasteiger partial charge in [0.25, 0.3) is 0 Å². The third kappa shape index (κ3) is 5.69. The SMILES string of the molecule is COC1CCOC(c2cccc(C#Cc3cc(F)cc(F)c3CC(C)(C)C(N)=O)c2)C1. The molecule has 2 aromatic rings. The van der Waals surface area contributed by atoms with Crippen molar-refractivity contribution in [3.8, 4) is 11.8 Å². The minimum atomic E-state index is -0.995. The van der Waals surface area contributed by atoms with Crippen molar-refractivity contribution in [2.24, 2.45) is 11.1 Å². The van der Waals surface area contributed by atoms with Gasteiger partial charge < -0.3 is 15.2 Å². The second-order valence-electron chi connectivity index (χ2n) is 8.46. The molecule has 0 aromatic heterocycles. The lowest BCUT2D eigenvalue weighted by atomic mass is 9.83. The number of rotatable bonds is 5. The monoisotopic (exact) mass is 427 g/mol. The van der Waals surface area contributed by atoms with E-state index in [0.29, 0.717) is 12.2 Å². The lowest BCUT2D eigenvalue weighted by Crippen LogP contribution is -2.34. The van der Waals surface area contributed by atoms with Gasteiger partial charge in [-0.2, -0.15) is 0 Å². The molecule has 2 unspecified atom stereocenters. The average Bonchev–Trinajstić information content (AvgIpc) is 2.74. The van der Waals surface area contributed by atoms with Crippen LogP contribution in [0.1, 0.15) is 55.0 Å². The van der Waals surface area contributed by atoms with E-state index in [0.717, 1.165) is 24.5 Å². The Balaban J connectivity index is 1.91. The van der Waals surface area contributed by atoms with Crippen LogP contribution in [-0.4, -0.2) is 25.7 Å². The van der Waals surface area contributed by atoms with E-state index in [4.69, 9.17) is 15.2 Å². The Bertz CT molecular complexity index is 1020. The summed E-state index contributed by atoms with van der Waals surface area (Å²) in [5, 5.41) is 0. The Hall–Kier alpha value is -2.75. The van der Waals surface area contributed by atoms with Crippen molar-refractivity contribution in [1.29, 1.82) is 0 Å². The van der Waals surface area contributed by atoms with Crippen LogP contribution in [0.15, 0.2) is 36.4 Å². The van der Waals surface area contributed by atoms with Gasteiger partial charge in [0.15, 0.2) is 0 Å². The maximum Gasteiger partial charge on any atom is 0.223 e. The Labute approximate surface area is 181 Å². The van der Waals surface area contributed by atoms with Crippen molar-refractivity contribution < 1.29 is 23.0 Å². The molecule has 1 heterocycles. The van der Waals surface area contributed by atoms with Gasteiger partial charge in [-0.05, 0) is 36.6 Å². The molecule has 0 spiro atoms. The highest BCUT2D eigenvalue weighted by Gasteiger charge is 2.28. The summed E-state index contributed by atoms with van der Waals surface area (Å²) in [5.41, 5.74) is 6.49. The highest BCUT2D eigenvalue weighted by atomic mass is 19.1. The number of methoxy groups -OCH3 is 1. The number of benzene rings is 2. The first-order valence-electron chi connectivity index (χ1n) is 10.2. The Morgan fingerprint density at radius 1 is 1.26 bits per heavy atom. The fraction of sp³-hybridized carbons (Fsp3) is 0.400. The van der Waals surface area contributed by atoms with Crippen LogP contribution in [0.25, 0.3) is 0 Å². The lowest BCUT2D eigenvalue weighted by Gasteiger charge is -2.29. The maximum atomic E-state index is 14.5. The lowest BCUT2D eigenvalue weighted by molar-refractivity contribution is -0.125. The molecular formula is C25H27F2NO3. The van der Waals surface area contributed by atoms with Crippen LogP contribution in [0.3, 0.4) is 0 Å². The molecule has 2 N–H and O–H groups in total. The minimum Gasteiger partial charge on any atom is -0.381 e. The molecule has 0 radical (unpaired) electrons. The van der Waals surface area contributed by atoms with Crippen LogP contribution >= 0.6 is 0 Å². The predicted octanol–water partition coefficient (Wildman–Crippen LogP) is 4.29. The zero-order valence-electron chi connectivity index (χ0n) is 18.0. The molecule has 1 aliphatic heterocycles. The molecule has 1 fully saturated rings.